The molecule has 0 spiro atoms. The van der Waals surface area contributed by atoms with E-state index in [0.717, 1.165) is 0 Å². The molecule has 1 aromatic carbocycles. The topological polar surface area (TPSA) is 58.9 Å². The highest BCUT2D eigenvalue weighted by Gasteiger charge is 2.31. The van der Waals surface area contributed by atoms with Crippen LogP contribution >= 0.6 is 0 Å². The minimum atomic E-state index is -1.05. The molecular weight excluding hydrogens is 196 g/mol. The Morgan fingerprint density at radius 2 is 1.67 bits per heavy atom. The second-order valence-electron chi connectivity index (χ2n) is 3.46. The lowest BCUT2D eigenvalue weighted by Crippen LogP contribution is -2.32. The second-order valence-corrected chi connectivity index (χ2v) is 3.46. The average molecular weight is 210 g/mol. The maximum absolute atomic E-state index is 9.84. The lowest BCUT2D eigenvalue weighted by atomic mass is 10.0. The van der Waals surface area contributed by atoms with Crippen LogP contribution in [0.1, 0.15) is 11.7 Å². The number of hydrogen-bond acceptors (Lipinski definition) is 4. The average Bonchev–Trinajstić information content (AvgIpc) is 2.82. The molecule has 1 aromatic rings. The van der Waals surface area contributed by atoms with Crippen molar-refractivity contribution in [1.82, 2.24) is 0 Å². The summed E-state index contributed by atoms with van der Waals surface area (Å²) >= 11 is 0. The molecule has 2 N–H and O–H groups in total. The van der Waals surface area contributed by atoms with E-state index >= 15 is 0 Å². The van der Waals surface area contributed by atoms with E-state index in [-0.39, 0.29) is 0 Å². The molecular formula is C11H14O4. The van der Waals surface area contributed by atoms with Gasteiger partial charge in [0.2, 0.25) is 0 Å². The van der Waals surface area contributed by atoms with Gasteiger partial charge in [0.25, 0.3) is 0 Å². The number of aliphatic hydroxyl groups excluding tert-OH is 2. The third kappa shape index (κ3) is 2.35. The molecule has 4 heteroatoms. The fourth-order valence-corrected chi connectivity index (χ4v) is 1.57. The molecule has 0 amide bonds. The summed E-state index contributed by atoms with van der Waals surface area (Å²) < 4.78 is 10.3. The number of benzene rings is 1. The van der Waals surface area contributed by atoms with Gasteiger partial charge in [-0.2, -0.15) is 0 Å². The number of aliphatic hydroxyl groups is 2. The monoisotopic (exact) mass is 210 g/mol. The van der Waals surface area contributed by atoms with E-state index in [9.17, 15) is 10.2 Å². The summed E-state index contributed by atoms with van der Waals surface area (Å²) in [5, 5.41) is 19.6. The molecule has 2 rings (SSSR count). The van der Waals surface area contributed by atoms with Gasteiger partial charge >= 0.3 is 0 Å². The summed E-state index contributed by atoms with van der Waals surface area (Å²) in [6.45, 7) is 0.923. The van der Waals surface area contributed by atoms with Crippen LogP contribution in [-0.2, 0) is 9.47 Å². The molecule has 0 radical (unpaired) electrons. The normalized spacial score (nSPS) is 21.5. The van der Waals surface area contributed by atoms with Crippen molar-refractivity contribution in [2.24, 2.45) is 0 Å². The fourth-order valence-electron chi connectivity index (χ4n) is 1.57. The minimum absolute atomic E-state index is 0.462. The van der Waals surface area contributed by atoms with Gasteiger partial charge in [-0.1, -0.05) is 30.3 Å². The zero-order valence-corrected chi connectivity index (χ0v) is 8.24. The molecule has 1 aliphatic rings. The molecule has 82 valence electrons. The van der Waals surface area contributed by atoms with Crippen molar-refractivity contribution in [1.29, 1.82) is 0 Å². The maximum Gasteiger partial charge on any atom is 0.186 e. The van der Waals surface area contributed by atoms with E-state index in [0.29, 0.717) is 18.8 Å². The molecule has 4 nitrogen and oxygen atoms in total. The Kier molecular flexibility index (Phi) is 3.33. The Bertz CT molecular complexity index is 295. The predicted octanol–water partition coefficient (Wildman–Crippen LogP) is 0.454. The standard InChI is InChI=1S/C11H14O4/c12-9(8-4-2-1-3-5-8)10(13)11-14-6-7-15-11/h1-5,9-13H,6-7H2/t9-,10+/m1/s1. The first-order chi connectivity index (χ1) is 7.29. The molecule has 1 fully saturated rings. The Balaban J connectivity index is 2.03. The van der Waals surface area contributed by atoms with Crippen LogP contribution in [0, 0.1) is 0 Å². The molecule has 0 saturated carbocycles. The highest BCUT2D eigenvalue weighted by atomic mass is 16.7. The van der Waals surface area contributed by atoms with Gasteiger partial charge < -0.3 is 19.7 Å². The van der Waals surface area contributed by atoms with Crippen LogP contribution in [0.15, 0.2) is 30.3 Å². The molecule has 0 aliphatic carbocycles. The van der Waals surface area contributed by atoms with Gasteiger partial charge in [-0.25, -0.2) is 0 Å². The zero-order valence-electron chi connectivity index (χ0n) is 8.24. The smallest absolute Gasteiger partial charge is 0.186 e. The first-order valence-corrected chi connectivity index (χ1v) is 4.93. The summed E-state index contributed by atoms with van der Waals surface area (Å²) in [5.74, 6) is 0. The van der Waals surface area contributed by atoms with Gasteiger partial charge in [0.15, 0.2) is 6.29 Å². The molecule has 1 aliphatic heterocycles. The van der Waals surface area contributed by atoms with Crippen LogP contribution in [0.5, 0.6) is 0 Å². The SMILES string of the molecule is O[C@H](c1ccccc1)[C@H](O)C1OCCO1. The highest BCUT2D eigenvalue weighted by molar-refractivity contribution is 5.18. The van der Waals surface area contributed by atoms with Gasteiger partial charge in [0, 0.05) is 0 Å². The minimum Gasteiger partial charge on any atom is -0.385 e. The molecule has 1 saturated heterocycles. The van der Waals surface area contributed by atoms with Crippen molar-refractivity contribution in [2.45, 2.75) is 18.5 Å². The van der Waals surface area contributed by atoms with Crippen LogP contribution in [0.2, 0.25) is 0 Å². The molecule has 2 atom stereocenters. The quantitative estimate of drug-likeness (QED) is 0.760. The van der Waals surface area contributed by atoms with Crippen molar-refractivity contribution < 1.29 is 19.7 Å². The first kappa shape index (κ1) is 10.6. The Hall–Kier alpha value is -0.940. The molecule has 1 heterocycles. The number of ether oxygens (including phenoxy) is 2. The van der Waals surface area contributed by atoms with Crippen molar-refractivity contribution in [3.63, 3.8) is 0 Å². The van der Waals surface area contributed by atoms with Gasteiger partial charge in [-0.3, -0.25) is 0 Å². The van der Waals surface area contributed by atoms with E-state index in [1.54, 1.807) is 12.1 Å². The molecule has 0 bridgehead atoms. The number of hydrogen-bond donors (Lipinski definition) is 2. The van der Waals surface area contributed by atoms with Crippen molar-refractivity contribution in [3.8, 4) is 0 Å². The Morgan fingerprint density at radius 3 is 2.27 bits per heavy atom. The third-order valence-corrected chi connectivity index (χ3v) is 2.39. The van der Waals surface area contributed by atoms with Crippen molar-refractivity contribution in [3.05, 3.63) is 35.9 Å². The lowest BCUT2D eigenvalue weighted by molar-refractivity contribution is -0.156. The van der Waals surface area contributed by atoms with E-state index in [2.05, 4.69) is 0 Å². The summed E-state index contributed by atoms with van der Waals surface area (Å²) in [5.41, 5.74) is 0.657. The van der Waals surface area contributed by atoms with Crippen LogP contribution in [0.3, 0.4) is 0 Å². The van der Waals surface area contributed by atoms with Gasteiger partial charge in [0.05, 0.1) is 13.2 Å². The van der Waals surface area contributed by atoms with Crippen LogP contribution in [0.4, 0.5) is 0 Å². The van der Waals surface area contributed by atoms with Crippen LogP contribution in [0.25, 0.3) is 0 Å². The second kappa shape index (κ2) is 4.72. The van der Waals surface area contributed by atoms with E-state index in [1.807, 2.05) is 18.2 Å². The fraction of sp³-hybridized carbons (Fsp3) is 0.455. The molecule has 0 unspecified atom stereocenters. The van der Waals surface area contributed by atoms with E-state index in [4.69, 9.17) is 9.47 Å². The molecule has 15 heavy (non-hydrogen) atoms. The van der Waals surface area contributed by atoms with Crippen LogP contribution in [-0.4, -0.2) is 35.8 Å². The van der Waals surface area contributed by atoms with Crippen LogP contribution < -0.4 is 0 Å². The number of rotatable bonds is 3. The van der Waals surface area contributed by atoms with E-state index < -0.39 is 18.5 Å². The van der Waals surface area contributed by atoms with Gasteiger partial charge in [-0.15, -0.1) is 0 Å². The first-order valence-electron chi connectivity index (χ1n) is 4.93. The van der Waals surface area contributed by atoms with E-state index in [1.165, 1.54) is 0 Å². The Morgan fingerprint density at radius 1 is 1.07 bits per heavy atom. The highest BCUT2D eigenvalue weighted by Crippen LogP contribution is 2.22. The lowest BCUT2D eigenvalue weighted by Gasteiger charge is -2.22. The maximum atomic E-state index is 9.84. The summed E-state index contributed by atoms with van der Waals surface area (Å²) in [6, 6.07) is 8.97. The third-order valence-electron chi connectivity index (χ3n) is 2.39. The van der Waals surface area contributed by atoms with Crippen molar-refractivity contribution >= 4 is 0 Å². The van der Waals surface area contributed by atoms with Crippen molar-refractivity contribution in [2.75, 3.05) is 13.2 Å². The largest absolute Gasteiger partial charge is 0.385 e. The summed E-state index contributed by atoms with van der Waals surface area (Å²) in [7, 11) is 0. The predicted molar refractivity (Wildman–Crippen MR) is 53.1 cm³/mol. The zero-order chi connectivity index (χ0) is 10.7. The van der Waals surface area contributed by atoms with Gasteiger partial charge in [0.1, 0.15) is 12.2 Å². The van der Waals surface area contributed by atoms with Gasteiger partial charge in [-0.05, 0) is 5.56 Å². The molecule has 0 aromatic heterocycles. The Labute approximate surface area is 88.1 Å². The summed E-state index contributed by atoms with van der Waals surface area (Å²) in [6.07, 6.45) is -2.75. The summed E-state index contributed by atoms with van der Waals surface area (Å²) in [4.78, 5) is 0.